The summed E-state index contributed by atoms with van der Waals surface area (Å²) in [6.07, 6.45) is 0. The molecule has 0 spiro atoms. The van der Waals surface area contributed by atoms with Crippen molar-refractivity contribution in [2.24, 2.45) is 0 Å². The molecule has 0 atom stereocenters. The number of nitriles is 1. The summed E-state index contributed by atoms with van der Waals surface area (Å²) in [6, 6.07) is 28.3. The second kappa shape index (κ2) is 6.70. The first kappa shape index (κ1) is 16.8. The summed E-state index contributed by atoms with van der Waals surface area (Å²) in [7, 11) is 0. The standard InChI is InChI=1S/C24H14N4O/c25-15-19-21(16-9-3-1-4-10-16)27-22(17-11-5-2-6-12-17)28-23(19)26-20-14-8-7-13-18(20)24(28)29/h1-14H. The molecule has 2 aromatic heterocycles. The molecule has 5 aromatic rings. The maximum absolute atomic E-state index is 13.4. The molecule has 0 unspecified atom stereocenters. The molecule has 0 N–H and O–H groups in total. The molecule has 0 amide bonds. The molecular formula is C24H14N4O. The number of hydrogen-bond donors (Lipinski definition) is 0. The SMILES string of the molecule is N#Cc1c(-c2ccccc2)nc(-c2ccccc2)n2c(=O)c3ccccc3nc12. The number of rotatable bonds is 2. The van der Waals surface area contributed by atoms with E-state index in [0.29, 0.717) is 28.1 Å². The first-order chi connectivity index (χ1) is 14.3. The van der Waals surface area contributed by atoms with E-state index in [1.165, 1.54) is 4.40 Å². The van der Waals surface area contributed by atoms with E-state index in [1.807, 2.05) is 66.7 Å². The van der Waals surface area contributed by atoms with Crippen LogP contribution in [-0.2, 0) is 0 Å². The van der Waals surface area contributed by atoms with Crippen LogP contribution in [0.5, 0.6) is 0 Å². The second-order valence-corrected chi connectivity index (χ2v) is 6.60. The third-order valence-corrected chi connectivity index (χ3v) is 4.86. The summed E-state index contributed by atoms with van der Waals surface area (Å²) >= 11 is 0. The average molecular weight is 374 g/mol. The molecule has 2 heterocycles. The molecule has 0 aliphatic heterocycles. The molecule has 0 saturated carbocycles. The summed E-state index contributed by atoms with van der Waals surface area (Å²) in [6.45, 7) is 0. The quantitative estimate of drug-likeness (QED) is 0.428. The number of benzene rings is 3. The Kier molecular flexibility index (Phi) is 3.89. The van der Waals surface area contributed by atoms with Gasteiger partial charge in [0.25, 0.3) is 5.56 Å². The number of aromatic nitrogens is 3. The highest BCUT2D eigenvalue weighted by Crippen LogP contribution is 2.28. The maximum Gasteiger partial charge on any atom is 0.267 e. The fraction of sp³-hybridized carbons (Fsp3) is 0. The van der Waals surface area contributed by atoms with Gasteiger partial charge in [0.2, 0.25) is 0 Å². The van der Waals surface area contributed by atoms with Crippen molar-refractivity contribution >= 4 is 16.6 Å². The van der Waals surface area contributed by atoms with Gasteiger partial charge in [-0.05, 0) is 12.1 Å². The number of nitrogens with zero attached hydrogens (tertiary/aromatic N) is 4. The van der Waals surface area contributed by atoms with E-state index in [2.05, 4.69) is 11.1 Å². The molecule has 5 nitrogen and oxygen atoms in total. The fourth-order valence-corrected chi connectivity index (χ4v) is 3.50. The minimum atomic E-state index is -0.243. The predicted octanol–water partition coefficient (Wildman–Crippen LogP) is 4.45. The van der Waals surface area contributed by atoms with Crippen LogP contribution in [0.15, 0.2) is 89.7 Å². The van der Waals surface area contributed by atoms with Gasteiger partial charge in [-0.15, -0.1) is 0 Å². The van der Waals surface area contributed by atoms with Gasteiger partial charge in [-0.25, -0.2) is 14.4 Å². The van der Waals surface area contributed by atoms with Gasteiger partial charge in [0.1, 0.15) is 17.5 Å². The van der Waals surface area contributed by atoms with Crippen molar-refractivity contribution in [2.75, 3.05) is 0 Å². The third kappa shape index (κ3) is 2.67. The van der Waals surface area contributed by atoms with Crippen molar-refractivity contribution in [3.05, 3.63) is 101 Å². The van der Waals surface area contributed by atoms with Crippen molar-refractivity contribution in [1.82, 2.24) is 14.4 Å². The Labute approximate surface area is 166 Å². The Morgan fingerprint density at radius 1 is 0.759 bits per heavy atom. The van der Waals surface area contributed by atoms with Gasteiger partial charge in [0.15, 0.2) is 5.65 Å². The van der Waals surface area contributed by atoms with Crippen LogP contribution >= 0.6 is 0 Å². The van der Waals surface area contributed by atoms with Gasteiger partial charge >= 0.3 is 0 Å². The number of para-hydroxylation sites is 1. The Bertz CT molecular complexity index is 1470. The van der Waals surface area contributed by atoms with Crippen molar-refractivity contribution in [1.29, 1.82) is 5.26 Å². The summed E-state index contributed by atoms with van der Waals surface area (Å²) in [5.74, 6) is 0.460. The zero-order valence-electron chi connectivity index (χ0n) is 15.3. The topological polar surface area (TPSA) is 71.1 Å². The van der Waals surface area contributed by atoms with Crippen LogP contribution in [0.1, 0.15) is 5.56 Å². The molecule has 29 heavy (non-hydrogen) atoms. The molecule has 0 fully saturated rings. The van der Waals surface area contributed by atoms with E-state index in [-0.39, 0.29) is 11.1 Å². The minimum absolute atomic E-state index is 0.243. The molecule has 0 radical (unpaired) electrons. The van der Waals surface area contributed by atoms with Gasteiger partial charge < -0.3 is 0 Å². The molecule has 3 aromatic carbocycles. The lowest BCUT2D eigenvalue weighted by molar-refractivity contribution is 1.02. The van der Waals surface area contributed by atoms with Crippen LogP contribution in [0.3, 0.4) is 0 Å². The van der Waals surface area contributed by atoms with E-state index < -0.39 is 0 Å². The Balaban J connectivity index is 2.03. The maximum atomic E-state index is 13.4. The molecule has 136 valence electrons. The van der Waals surface area contributed by atoms with Gasteiger partial charge in [-0.3, -0.25) is 4.79 Å². The van der Waals surface area contributed by atoms with Crippen molar-refractivity contribution in [3.8, 4) is 28.7 Å². The highest BCUT2D eigenvalue weighted by Gasteiger charge is 2.20. The molecule has 0 saturated heterocycles. The Morgan fingerprint density at radius 2 is 1.38 bits per heavy atom. The summed E-state index contributed by atoms with van der Waals surface area (Å²) in [5.41, 5.74) is 2.98. The van der Waals surface area contributed by atoms with E-state index in [1.54, 1.807) is 18.2 Å². The number of hydrogen-bond acceptors (Lipinski definition) is 4. The molecule has 0 aliphatic carbocycles. The summed E-state index contributed by atoms with van der Waals surface area (Å²) < 4.78 is 1.45. The second-order valence-electron chi connectivity index (χ2n) is 6.60. The van der Waals surface area contributed by atoms with Crippen molar-refractivity contribution < 1.29 is 0 Å². The predicted molar refractivity (Wildman–Crippen MR) is 112 cm³/mol. The lowest BCUT2D eigenvalue weighted by Gasteiger charge is -2.14. The monoisotopic (exact) mass is 374 g/mol. The minimum Gasteiger partial charge on any atom is -0.268 e. The highest BCUT2D eigenvalue weighted by molar-refractivity contribution is 5.84. The average Bonchev–Trinajstić information content (AvgIpc) is 2.79. The lowest BCUT2D eigenvalue weighted by Crippen LogP contribution is -2.20. The van der Waals surface area contributed by atoms with Crippen molar-refractivity contribution in [3.63, 3.8) is 0 Å². The summed E-state index contributed by atoms with van der Waals surface area (Å²) in [4.78, 5) is 22.8. The van der Waals surface area contributed by atoms with Crippen LogP contribution in [0.4, 0.5) is 0 Å². The van der Waals surface area contributed by atoms with Gasteiger partial charge in [-0.2, -0.15) is 5.26 Å². The van der Waals surface area contributed by atoms with Crippen LogP contribution in [0.2, 0.25) is 0 Å². The van der Waals surface area contributed by atoms with Gasteiger partial charge in [-0.1, -0.05) is 72.8 Å². The van der Waals surface area contributed by atoms with Crippen LogP contribution in [0, 0.1) is 11.3 Å². The summed E-state index contributed by atoms with van der Waals surface area (Å²) in [5, 5.41) is 10.4. The van der Waals surface area contributed by atoms with E-state index in [9.17, 15) is 10.1 Å². The molecule has 0 aliphatic rings. The van der Waals surface area contributed by atoms with Crippen molar-refractivity contribution in [2.45, 2.75) is 0 Å². The molecule has 0 bridgehead atoms. The molecule has 5 heteroatoms. The smallest absolute Gasteiger partial charge is 0.267 e. The Morgan fingerprint density at radius 3 is 2.07 bits per heavy atom. The zero-order chi connectivity index (χ0) is 19.8. The molecular weight excluding hydrogens is 360 g/mol. The zero-order valence-corrected chi connectivity index (χ0v) is 15.3. The largest absolute Gasteiger partial charge is 0.268 e. The van der Waals surface area contributed by atoms with E-state index in [0.717, 1.165) is 11.1 Å². The first-order valence-corrected chi connectivity index (χ1v) is 9.14. The normalized spacial score (nSPS) is 10.9. The lowest BCUT2D eigenvalue weighted by atomic mass is 10.1. The van der Waals surface area contributed by atoms with E-state index in [4.69, 9.17) is 4.98 Å². The highest BCUT2D eigenvalue weighted by atomic mass is 16.1. The van der Waals surface area contributed by atoms with Crippen LogP contribution in [-0.4, -0.2) is 14.4 Å². The Hall–Kier alpha value is -4.30. The molecule has 5 rings (SSSR count). The number of fused-ring (bicyclic) bond motifs is 2. The van der Waals surface area contributed by atoms with Gasteiger partial charge in [0.05, 0.1) is 16.6 Å². The van der Waals surface area contributed by atoms with Crippen LogP contribution in [0.25, 0.3) is 39.2 Å². The first-order valence-electron chi connectivity index (χ1n) is 9.14. The van der Waals surface area contributed by atoms with Crippen LogP contribution < -0.4 is 5.56 Å². The van der Waals surface area contributed by atoms with Gasteiger partial charge in [0, 0.05) is 11.1 Å². The third-order valence-electron chi connectivity index (χ3n) is 4.86. The van der Waals surface area contributed by atoms with E-state index >= 15 is 0 Å². The fourth-order valence-electron chi connectivity index (χ4n) is 3.50.